The van der Waals surface area contributed by atoms with Crippen LogP contribution in [-0.2, 0) is 31.1 Å². The minimum absolute atomic E-state index is 0.245. The molecule has 1 N–H and O–H groups in total. The number of carboxylic acid groups (broad SMARTS) is 1. The summed E-state index contributed by atoms with van der Waals surface area (Å²) in [6.45, 7) is 4.42. The van der Waals surface area contributed by atoms with E-state index in [0.717, 1.165) is 37.2 Å². The first-order chi connectivity index (χ1) is 8.49. The van der Waals surface area contributed by atoms with E-state index in [1.165, 1.54) is 5.69 Å². The molecule has 1 aromatic rings. The van der Waals surface area contributed by atoms with Crippen LogP contribution in [0.4, 0.5) is 0 Å². The normalized spacial score (nSPS) is 19.0. The summed E-state index contributed by atoms with van der Waals surface area (Å²) < 4.78 is 2.18. The van der Waals surface area contributed by atoms with Crippen LogP contribution in [-0.4, -0.2) is 20.6 Å². The largest absolute Gasteiger partial charge is 0.481 e. The molecule has 0 fully saturated rings. The summed E-state index contributed by atoms with van der Waals surface area (Å²) in [4.78, 5) is 15.7. The lowest BCUT2D eigenvalue weighted by molar-refractivity contribution is -0.142. The second-order valence-electron chi connectivity index (χ2n) is 5.69. The Bertz CT molecular complexity index is 449. The molecule has 1 heterocycles. The fourth-order valence-electron chi connectivity index (χ4n) is 2.62. The van der Waals surface area contributed by atoms with E-state index < -0.39 is 5.97 Å². The number of aromatic nitrogens is 2. The Morgan fingerprint density at radius 2 is 2.28 bits per heavy atom. The van der Waals surface area contributed by atoms with Crippen LogP contribution in [0.5, 0.6) is 0 Å². The molecule has 0 saturated heterocycles. The zero-order valence-corrected chi connectivity index (χ0v) is 11.4. The van der Waals surface area contributed by atoms with Crippen LogP contribution in [0.2, 0.25) is 0 Å². The number of fused-ring (bicyclic) bond motifs is 1. The van der Waals surface area contributed by atoms with Crippen molar-refractivity contribution in [2.75, 3.05) is 0 Å². The molecule has 0 saturated carbocycles. The second-order valence-corrected chi connectivity index (χ2v) is 5.69. The SMILES string of the molecule is CC(C)CCc1nc2c(n1C)CCC(C(=O)O)C2. The molecule has 1 aliphatic carbocycles. The average molecular weight is 250 g/mol. The van der Waals surface area contributed by atoms with Gasteiger partial charge in [0.2, 0.25) is 0 Å². The third-order valence-electron chi connectivity index (χ3n) is 3.85. The molecule has 4 heteroatoms. The van der Waals surface area contributed by atoms with E-state index in [9.17, 15) is 4.79 Å². The number of aryl methyl sites for hydroxylation is 1. The van der Waals surface area contributed by atoms with Crippen molar-refractivity contribution in [1.29, 1.82) is 0 Å². The highest BCUT2D eigenvalue weighted by atomic mass is 16.4. The first kappa shape index (κ1) is 13.1. The monoisotopic (exact) mass is 250 g/mol. The van der Waals surface area contributed by atoms with Crippen molar-refractivity contribution < 1.29 is 9.90 Å². The van der Waals surface area contributed by atoms with Crippen molar-refractivity contribution >= 4 is 5.97 Å². The molecular formula is C14H22N2O2. The van der Waals surface area contributed by atoms with Crippen molar-refractivity contribution in [3.63, 3.8) is 0 Å². The van der Waals surface area contributed by atoms with E-state index in [4.69, 9.17) is 5.11 Å². The highest BCUT2D eigenvalue weighted by molar-refractivity contribution is 5.70. The molecule has 0 radical (unpaired) electrons. The minimum Gasteiger partial charge on any atom is -0.481 e. The fraction of sp³-hybridized carbons (Fsp3) is 0.714. The number of hydrogen-bond acceptors (Lipinski definition) is 2. The number of hydrogen-bond donors (Lipinski definition) is 1. The van der Waals surface area contributed by atoms with Crippen LogP contribution >= 0.6 is 0 Å². The standard InChI is InChI=1S/C14H22N2O2/c1-9(2)4-7-13-15-11-8-10(14(17)18)5-6-12(11)16(13)3/h9-10H,4-8H2,1-3H3,(H,17,18). The van der Waals surface area contributed by atoms with Gasteiger partial charge in [0, 0.05) is 25.6 Å². The Hall–Kier alpha value is -1.32. The lowest BCUT2D eigenvalue weighted by atomic mass is 9.90. The van der Waals surface area contributed by atoms with Crippen molar-refractivity contribution in [2.45, 2.75) is 46.0 Å². The Morgan fingerprint density at radius 1 is 1.56 bits per heavy atom. The van der Waals surface area contributed by atoms with Gasteiger partial charge in [-0.2, -0.15) is 0 Å². The van der Waals surface area contributed by atoms with E-state index in [1.54, 1.807) is 0 Å². The topological polar surface area (TPSA) is 55.1 Å². The summed E-state index contributed by atoms with van der Waals surface area (Å²) in [5, 5.41) is 9.08. The highest BCUT2D eigenvalue weighted by Crippen LogP contribution is 2.26. The van der Waals surface area contributed by atoms with Crippen LogP contribution in [0.1, 0.15) is 43.9 Å². The van der Waals surface area contributed by atoms with Crippen molar-refractivity contribution in [2.24, 2.45) is 18.9 Å². The van der Waals surface area contributed by atoms with Crippen LogP contribution in [0, 0.1) is 11.8 Å². The first-order valence-electron chi connectivity index (χ1n) is 6.75. The molecular weight excluding hydrogens is 228 g/mol. The van der Waals surface area contributed by atoms with E-state index in [0.29, 0.717) is 12.3 Å². The number of rotatable bonds is 4. The van der Waals surface area contributed by atoms with Gasteiger partial charge in [0.05, 0.1) is 11.6 Å². The average Bonchev–Trinajstić information content (AvgIpc) is 2.63. The third-order valence-corrected chi connectivity index (χ3v) is 3.85. The quantitative estimate of drug-likeness (QED) is 0.891. The highest BCUT2D eigenvalue weighted by Gasteiger charge is 2.28. The summed E-state index contributed by atoms with van der Waals surface area (Å²) >= 11 is 0. The minimum atomic E-state index is -0.685. The molecule has 100 valence electrons. The number of carbonyl (C=O) groups is 1. The van der Waals surface area contributed by atoms with E-state index in [1.807, 2.05) is 0 Å². The molecule has 4 nitrogen and oxygen atoms in total. The summed E-state index contributed by atoms with van der Waals surface area (Å²) in [6, 6.07) is 0. The lowest BCUT2D eigenvalue weighted by Gasteiger charge is -2.18. The zero-order chi connectivity index (χ0) is 13.3. The van der Waals surface area contributed by atoms with Crippen molar-refractivity contribution in [3.8, 4) is 0 Å². The summed E-state index contributed by atoms with van der Waals surface area (Å²) in [6.07, 6.45) is 4.30. The molecule has 18 heavy (non-hydrogen) atoms. The Morgan fingerprint density at radius 3 is 2.89 bits per heavy atom. The fourth-order valence-corrected chi connectivity index (χ4v) is 2.62. The van der Waals surface area contributed by atoms with Gasteiger partial charge in [-0.1, -0.05) is 13.8 Å². The van der Waals surface area contributed by atoms with Gasteiger partial charge in [0.25, 0.3) is 0 Å². The molecule has 0 amide bonds. The molecule has 0 aliphatic heterocycles. The van der Waals surface area contributed by atoms with Gasteiger partial charge >= 0.3 is 5.97 Å². The predicted octanol–water partition coefficient (Wildman–Crippen LogP) is 2.20. The molecule has 0 aromatic carbocycles. The predicted molar refractivity (Wildman–Crippen MR) is 69.5 cm³/mol. The maximum absolute atomic E-state index is 11.0. The first-order valence-corrected chi connectivity index (χ1v) is 6.75. The summed E-state index contributed by atoms with van der Waals surface area (Å²) in [5.41, 5.74) is 2.25. The molecule has 0 bridgehead atoms. The zero-order valence-electron chi connectivity index (χ0n) is 11.4. The van der Waals surface area contributed by atoms with Crippen molar-refractivity contribution in [3.05, 3.63) is 17.2 Å². The van der Waals surface area contributed by atoms with Gasteiger partial charge in [0.1, 0.15) is 5.82 Å². The number of imidazole rings is 1. The maximum Gasteiger partial charge on any atom is 0.306 e. The van der Waals surface area contributed by atoms with Gasteiger partial charge in [-0.15, -0.1) is 0 Å². The van der Waals surface area contributed by atoms with Crippen LogP contribution in [0.15, 0.2) is 0 Å². The number of aliphatic carboxylic acids is 1. The van der Waals surface area contributed by atoms with E-state index in [2.05, 4.69) is 30.4 Å². The van der Waals surface area contributed by atoms with Gasteiger partial charge in [-0.25, -0.2) is 4.98 Å². The van der Waals surface area contributed by atoms with Gasteiger partial charge < -0.3 is 9.67 Å². The molecule has 1 atom stereocenters. The van der Waals surface area contributed by atoms with Gasteiger partial charge in [-0.3, -0.25) is 4.79 Å². The number of carboxylic acids is 1. The Balaban J connectivity index is 2.15. The van der Waals surface area contributed by atoms with Crippen LogP contribution in [0.3, 0.4) is 0 Å². The van der Waals surface area contributed by atoms with E-state index in [-0.39, 0.29) is 5.92 Å². The molecule has 2 rings (SSSR count). The lowest BCUT2D eigenvalue weighted by Crippen LogP contribution is -2.22. The van der Waals surface area contributed by atoms with Crippen molar-refractivity contribution in [1.82, 2.24) is 9.55 Å². The Labute approximate surface area is 108 Å². The summed E-state index contributed by atoms with van der Waals surface area (Å²) in [7, 11) is 2.06. The van der Waals surface area contributed by atoms with Gasteiger partial charge in [0.15, 0.2) is 0 Å². The van der Waals surface area contributed by atoms with Crippen LogP contribution in [0.25, 0.3) is 0 Å². The maximum atomic E-state index is 11.0. The summed E-state index contributed by atoms with van der Waals surface area (Å²) in [5.74, 6) is 0.852. The molecule has 1 unspecified atom stereocenters. The number of nitrogens with zero attached hydrogens (tertiary/aromatic N) is 2. The van der Waals surface area contributed by atoms with Crippen LogP contribution < -0.4 is 0 Å². The molecule has 0 spiro atoms. The smallest absolute Gasteiger partial charge is 0.306 e. The molecule has 1 aromatic heterocycles. The third kappa shape index (κ3) is 2.57. The van der Waals surface area contributed by atoms with Gasteiger partial charge in [-0.05, 0) is 25.2 Å². The Kier molecular flexibility index (Phi) is 3.73. The second kappa shape index (κ2) is 5.12. The van der Waals surface area contributed by atoms with E-state index >= 15 is 0 Å². The molecule has 1 aliphatic rings.